The number of benzene rings is 1. The highest BCUT2D eigenvalue weighted by molar-refractivity contribution is 5.73. The SMILES string of the molecule is COc1ccc2[nH]c3[n+](c2c1)CCN1C[C@H]2C[C@@H]3[C@@H]1C2. The first-order chi connectivity index (χ1) is 9.83. The molecule has 4 nitrogen and oxygen atoms in total. The van der Waals surface area contributed by atoms with E-state index in [4.69, 9.17) is 4.74 Å². The first-order valence-corrected chi connectivity index (χ1v) is 7.67. The average molecular weight is 270 g/mol. The molecule has 3 aliphatic rings. The summed E-state index contributed by atoms with van der Waals surface area (Å²) in [6.45, 7) is 3.62. The lowest BCUT2D eigenvalue weighted by molar-refractivity contribution is -0.677. The number of H-pyrrole nitrogens is 1. The summed E-state index contributed by atoms with van der Waals surface area (Å²) in [5.41, 5.74) is 2.54. The van der Waals surface area contributed by atoms with Crippen molar-refractivity contribution < 1.29 is 9.30 Å². The minimum atomic E-state index is 0.703. The maximum absolute atomic E-state index is 5.39. The largest absolute Gasteiger partial charge is 0.497 e. The van der Waals surface area contributed by atoms with Gasteiger partial charge in [0.1, 0.15) is 12.3 Å². The molecule has 2 aromatic rings. The summed E-state index contributed by atoms with van der Waals surface area (Å²) in [5.74, 6) is 4.03. The number of methoxy groups -OCH3 is 1. The van der Waals surface area contributed by atoms with Crippen molar-refractivity contribution in [2.75, 3.05) is 20.2 Å². The maximum atomic E-state index is 5.39. The van der Waals surface area contributed by atoms with Gasteiger partial charge in [-0.05, 0) is 30.9 Å². The molecule has 5 rings (SSSR count). The van der Waals surface area contributed by atoms with Gasteiger partial charge < -0.3 is 4.74 Å². The third-order valence-corrected chi connectivity index (χ3v) is 5.60. The van der Waals surface area contributed by atoms with E-state index in [1.165, 1.54) is 42.8 Å². The molecule has 0 radical (unpaired) electrons. The Hall–Kier alpha value is -1.55. The van der Waals surface area contributed by atoms with Gasteiger partial charge in [-0.2, -0.15) is 0 Å². The minimum absolute atomic E-state index is 0.703. The Morgan fingerprint density at radius 3 is 3.15 bits per heavy atom. The summed E-state index contributed by atoms with van der Waals surface area (Å²) in [7, 11) is 1.74. The summed E-state index contributed by atoms with van der Waals surface area (Å²) in [5, 5.41) is 0. The second-order valence-electron chi connectivity index (χ2n) is 6.55. The van der Waals surface area contributed by atoms with Crippen LogP contribution in [0.3, 0.4) is 0 Å². The van der Waals surface area contributed by atoms with Gasteiger partial charge in [-0.3, -0.25) is 4.90 Å². The van der Waals surface area contributed by atoms with Crippen molar-refractivity contribution in [1.29, 1.82) is 0 Å². The molecule has 3 heterocycles. The predicted molar refractivity (Wildman–Crippen MR) is 75.9 cm³/mol. The summed E-state index contributed by atoms with van der Waals surface area (Å²) < 4.78 is 7.90. The average Bonchev–Trinajstić information content (AvgIpc) is 3.14. The molecule has 0 spiro atoms. The fourth-order valence-electron chi connectivity index (χ4n) is 4.75. The van der Waals surface area contributed by atoms with Crippen LogP contribution >= 0.6 is 0 Å². The number of ether oxygens (including phenoxy) is 1. The van der Waals surface area contributed by atoms with Gasteiger partial charge >= 0.3 is 0 Å². The van der Waals surface area contributed by atoms with Crippen molar-refractivity contribution in [2.24, 2.45) is 5.92 Å². The molecule has 4 heteroatoms. The quantitative estimate of drug-likeness (QED) is 0.799. The minimum Gasteiger partial charge on any atom is -0.497 e. The molecule has 0 unspecified atom stereocenters. The first-order valence-electron chi connectivity index (χ1n) is 7.67. The molecule has 1 aliphatic carbocycles. The van der Waals surface area contributed by atoms with E-state index >= 15 is 0 Å². The normalized spacial score (nSPS) is 31.6. The van der Waals surface area contributed by atoms with E-state index in [0.717, 1.165) is 24.3 Å². The molecular weight excluding hydrogens is 250 g/mol. The fraction of sp³-hybridized carbons (Fsp3) is 0.562. The first kappa shape index (κ1) is 11.1. The zero-order valence-electron chi connectivity index (χ0n) is 11.8. The van der Waals surface area contributed by atoms with E-state index in [2.05, 4.69) is 26.6 Å². The van der Waals surface area contributed by atoms with E-state index in [1.54, 1.807) is 7.11 Å². The van der Waals surface area contributed by atoms with Crippen molar-refractivity contribution in [1.82, 2.24) is 9.88 Å². The highest BCUT2D eigenvalue weighted by atomic mass is 16.5. The molecule has 0 amide bonds. The number of aromatic amines is 1. The number of rotatable bonds is 1. The van der Waals surface area contributed by atoms with Gasteiger partial charge in [0.2, 0.25) is 0 Å². The van der Waals surface area contributed by atoms with Crippen LogP contribution in [0, 0.1) is 5.92 Å². The lowest BCUT2D eigenvalue weighted by atomic mass is 9.98. The molecule has 1 aromatic carbocycles. The molecule has 3 atom stereocenters. The van der Waals surface area contributed by atoms with Gasteiger partial charge in [0, 0.05) is 25.2 Å². The van der Waals surface area contributed by atoms with Crippen LogP contribution in [0.15, 0.2) is 18.2 Å². The highest BCUT2D eigenvalue weighted by Gasteiger charge is 2.50. The lowest BCUT2D eigenvalue weighted by Gasteiger charge is -2.27. The Morgan fingerprint density at radius 2 is 2.30 bits per heavy atom. The lowest BCUT2D eigenvalue weighted by Crippen LogP contribution is -2.39. The number of hydrogen-bond donors (Lipinski definition) is 1. The third kappa shape index (κ3) is 1.32. The van der Waals surface area contributed by atoms with E-state index in [0.29, 0.717) is 5.92 Å². The van der Waals surface area contributed by atoms with Gasteiger partial charge in [-0.25, -0.2) is 9.55 Å². The predicted octanol–water partition coefficient (Wildman–Crippen LogP) is 1.66. The van der Waals surface area contributed by atoms with Crippen LogP contribution in [0.2, 0.25) is 0 Å². The van der Waals surface area contributed by atoms with Crippen molar-refractivity contribution in [3.05, 3.63) is 24.0 Å². The van der Waals surface area contributed by atoms with Gasteiger partial charge in [0.25, 0.3) is 5.82 Å². The standard InChI is InChI=1S/C16H19N3O/c1-20-11-2-3-13-15(8-11)19-5-4-18-9-10-6-12(14(18)7-10)16(19)17-13/h2-3,8,10,12,14H,4-7,9H2,1H3/p+1/t10-,12+,14-/m0/s1. The van der Waals surface area contributed by atoms with E-state index < -0.39 is 0 Å². The number of piperidine rings is 1. The number of nitrogens with zero attached hydrogens (tertiary/aromatic N) is 2. The number of fused-ring (bicyclic) bond motifs is 5. The van der Waals surface area contributed by atoms with E-state index in [1.807, 2.05) is 6.07 Å². The molecule has 1 saturated heterocycles. The molecule has 1 N–H and O–H groups in total. The van der Waals surface area contributed by atoms with Crippen molar-refractivity contribution in [3.63, 3.8) is 0 Å². The monoisotopic (exact) mass is 270 g/mol. The van der Waals surface area contributed by atoms with Crippen LogP contribution in [-0.2, 0) is 6.54 Å². The molecule has 1 saturated carbocycles. The molecule has 2 aliphatic heterocycles. The Kier molecular flexibility index (Phi) is 2.09. The van der Waals surface area contributed by atoms with Crippen molar-refractivity contribution in [3.8, 4) is 5.75 Å². The fourth-order valence-corrected chi connectivity index (χ4v) is 4.75. The Balaban J connectivity index is 1.71. The zero-order chi connectivity index (χ0) is 13.3. The van der Waals surface area contributed by atoms with E-state index in [-0.39, 0.29) is 0 Å². The van der Waals surface area contributed by atoms with Crippen LogP contribution in [0.1, 0.15) is 24.6 Å². The second-order valence-corrected chi connectivity index (χ2v) is 6.55. The second kappa shape index (κ2) is 3.76. The smallest absolute Gasteiger partial charge is 0.259 e. The Labute approximate surface area is 118 Å². The number of nitrogens with one attached hydrogen (secondary N) is 1. The molecule has 2 bridgehead atoms. The van der Waals surface area contributed by atoms with Crippen LogP contribution < -0.4 is 9.30 Å². The van der Waals surface area contributed by atoms with Gasteiger partial charge in [0.15, 0.2) is 11.0 Å². The van der Waals surface area contributed by atoms with Crippen LogP contribution in [0.5, 0.6) is 5.75 Å². The summed E-state index contributed by atoms with van der Waals surface area (Å²) in [6.07, 6.45) is 2.77. The zero-order valence-corrected chi connectivity index (χ0v) is 11.8. The van der Waals surface area contributed by atoms with Crippen molar-refractivity contribution >= 4 is 11.0 Å². The number of hydrogen-bond acceptors (Lipinski definition) is 2. The molecule has 2 fully saturated rings. The van der Waals surface area contributed by atoms with Crippen molar-refractivity contribution in [2.45, 2.75) is 31.3 Å². The maximum Gasteiger partial charge on any atom is 0.259 e. The Bertz CT molecular complexity index is 692. The van der Waals surface area contributed by atoms with Gasteiger partial charge in [-0.15, -0.1) is 0 Å². The van der Waals surface area contributed by atoms with Gasteiger partial charge in [0.05, 0.1) is 13.0 Å². The topological polar surface area (TPSA) is 32.1 Å². The van der Waals surface area contributed by atoms with Gasteiger partial charge in [-0.1, -0.05) is 0 Å². The van der Waals surface area contributed by atoms with Crippen LogP contribution in [-0.4, -0.2) is 36.1 Å². The highest BCUT2D eigenvalue weighted by Crippen LogP contribution is 2.47. The summed E-state index contributed by atoms with van der Waals surface area (Å²) >= 11 is 0. The molecular formula is C16H20N3O+. The third-order valence-electron chi connectivity index (χ3n) is 5.60. The summed E-state index contributed by atoms with van der Waals surface area (Å²) in [6, 6.07) is 7.15. The number of aromatic nitrogens is 2. The van der Waals surface area contributed by atoms with E-state index in [9.17, 15) is 0 Å². The molecule has 20 heavy (non-hydrogen) atoms. The molecule has 1 aromatic heterocycles. The Morgan fingerprint density at radius 1 is 1.35 bits per heavy atom. The van der Waals surface area contributed by atoms with Crippen LogP contribution in [0.25, 0.3) is 11.0 Å². The summed E-state index contributed by atoms with van der Waals surface area (Å²) in [4.78, 5) is 6.41. The van der Waals surface area contributed by atoms with Crippen LogP contribution in [0.4, 0.5) is 0 Å². The molecule has 104 valence electrons. The number of imidazole rings is 1.